The molecule has 2 nitrogen and oxygen atoms in total. The predicted molar refractivity (Wildman–Crippen MR) is 74.4 cm³/mol. The number of benzene rings is 2. The number of nitrogens with two attached hydrogens (primary N) is 1. The summed E-state index contributed by atoms with van der Waals surface area (Å²) in [5, 5.41) is 0. The Bertz CT molecular complexity index is 629. The zero-order valence-corrected chi connectivity index (χ0v) is 11.6. The van der Waals surface area contributed by atoms with E-state index >= 15 is 0 Å². The Kier molecular flexibility index (Phi) is 4.85. The molecule has 1 atom stereocenters. The van der Waals surface area contributed by atoms with E-state index in [2.05, 4.69) is 0 Å². The van der Waals surface area contributed by atoms with E-state index in [4.69, 9.17) is 10.5 Å². The number of halogens is 3. The van der Waals surface area contributed by atoms with Gasteiger partial charge in [-0.25, -0.2) is 13.2 Å². The summed E-state index contributed by atoms with van der Waals surface area (Å²) in [6.07, 6.45) is 0.570. The molecule has 0 aliphatic heterocycles. The van der Waals surface area contributed by atoms with Crippen molar-refractivity contribution in [3.05, 3.63) is 65.0 Å². The van der Waals surface area contributed by atoms with Gasteiger partial charge in [0.2, 0.25) is 0 Å². The average Bonchev–Trinajstić information content (AvgIpc) is 2.41. The van der Waals surface area contributed by atoms with Gasteiger partial charge >= 0.3 is 0 Å². The molecular formula is C16H16F3NO. The van der Waals surface area contributed by atoms with E-state index in [1.165, 1.54) is 18.2 Å². The monoisotopic (exact) mass is 295 g/mol. The minimum atomic E-state index is -0.955. The number of hydrogen-bond donors (Lipinski definition) is 1. The van der Waals surface area contributed by atoms with Crippen molar-refractivity contribution in [3.63, 3.8) is 0 Å². The third kappa shape index (κ3) is 4.23. The Morgan fingerprint density at radius 1 is 0.952 bits per heavy atom. The van der Waals surface area contributed by atoms with E-state index in [1.54, 1.807) is 6.07 Å². The Hall–Kier alpha value is -2.01. The number of rotatable bonds is 5. The maximum absolute atomic E-state index is 13.8. The molecule has 0 spiro atoms. The van der Waals surface area contributed by atoms with Gasteiger partial charge in [0.15, 0.2) is 23.2 Å². The summed E-state index contributed by atoms with van der Waals surface area (Å²) >= 11 is 0. The summed E-state index contributed by atoms with van der Waals surface area (Å²) in [6, 6.07) is 7.97. The highest BCUT2D eigenvalue weighted by atomic mass is 19.2. The van der Waals surface area contributed by atoms with Crippen molar-refractivity contribution >= 4 is 0 Å². The first-order chi connectivity index (χ1) is 9.95. The minimum absolute atomic E-state index is 0.0409. The molecule has 0 aliphatic carbocycles. The standard InChI is InChI=1S/C16H16F3NO/c1-10(20)6-11-3-5-16(15(19)7-11)21-9-12-2-4-13(17)14(18)8-12/h2-5,7-8,10H,6,9,20H2,1H3. The van der Waals surface area contributed by atoms with Crippen LogP contribution in [0.2, 0.25) is 0 Å². The fourth-order valence-corrected chi connectivity index (χ4v) is 1.95. The van der Waals surface area contributed by atoms with Crippen molar-refractivity contribution in [2.24, 2.45) is 5.73 Å². The average molecular weight is 295 g/mol. The highest BCUT2D eigenvalue weighted by Gasteiger charge is 2.08. The van der Waals surface area contributed by atoms with Crippen LogP contribution >= 0.6 is 0 Å². The Morgan fingerprint density at radius 2 is 1.62 bits per heavy atom. The van der Waals surface area contributed by atoms with Gasteiger partial charge in [0.05, 0.1) is 0 Å². The van der Waals surface area contributed by atoms with Crippen LogP contribution in [0.3, 0.4) is 0 Å². The van der Waals surface area contributed by atoms with Gasteiger partial charge in [-0.05, 0) is 48.7 Å². The molecule has 0 amide bonds. The van der Waals surface area contributed by atoms with Crippen molar-refractivity contribution in [3.8, 4) is 5.75 Å². The van der Waals surface area contributed by atoms with Gasteiger partial charge < -0.3 is 10.5 Å². The zero-order chi connectivity index (χ0) is 15.4. The molecule has 0 bridgehead atoms. The molecule has 0 aromatic heterocycles. The molecule has 0 radical (unpaired) electrons. The fraction of sp³-hybridized carbons (Fsp3) is 0.250. The van der Waals surface area contributed by atoms with Crippen LogP contribution in [0.25, 0.3) is 0 Å². The van der Waals surface area contributed by atoms with Crippen LogP contribution < -0.4 is 10.5 Å². The van der Waals surface area contributed by atoms with Crippen molar-refractivity contribution < 1.29 is 17.9 Å². The molecule has 0 saturated carbocycles. The van der Waals surface area contributed by atoms with E-state index in [0.717, 1.165) is 17.7 Å². The van der Waals surface area contributed by atoms with E-state index in [0.29, 0.717) is 12.0 Å². The molecule has 21 heavy (non-hydrogen) atoms. The molecule has 1 unspecified atom stereocenters. The van der Waals surface area contributed by atoms with Crippen molar-refractivity contribution in [2.45, 2.75) is 26.0 Å². The second-order valence-corrected chi connectivity index (χ2v) is 4.98. The lowest BCUT2D eigenvalue weighted by Crippen LogP contribution is -2.17. The van der Waals surface area contributed by atoms with E-state index in [-0.39, 0.29) is 18.4 Å². The third-order valence-corrected chi connectivity index (χ3v) is 2.93. The highest BCUT2D eigenvalue weighted by Crippen LogP contribution is 2.20. The maximum atomic E-state index is 13.8. The first-order valence-electron chi connectivity index (χ1n) is 6.56. The molecule has 5 heteroatoms. The zero-order valence-electron chi connectivity index (χ0n) is 11.6. The Balaban J connectivity index is 2.04. The van der Waals surface area contributed by atoms with Crippen LogP contribution in [-0.4, -0.2) is 6.04 Å². The lowest BCUT2D eigenvalue weighted by Gasteiger charge is -2.10. The summed E-state index contributed by atoms with van der Waals surface area (Å²) in [7, 11) is 0. The second kappa shape index (κ2) is 6.63. The van der Waals surface area contributed by atoms with Crippen LogP contribution in [0.4, 0.5) is 13.2 Å². The summed E-state index contributed by atoms with van der Waals surface area (Å²) in [4.78, 5) is 0. The smallest absolute Gasteiger partial charge is 0.165 e. The van der Waals surface area contributed by atoms with Gasteiger partial charge in [-0.15, -0.1) is 0 Å². The van der Waals surface area contributed by atoms with E-state index < -0.39 is 17.5 Å². The predicted octanol–water partition coefficient (Wildman–Crippen LogP) is 3.57. The largest absolute Gasteiger partial charge is 0.486 e. The van der Waals surface area contributed by atoms with Gasteiger partial charge in [0, 0.05) is 6.04 Å². The van der Waals surface area contributed by atoms with Crippen molar-refractivity contribution in [2.75, 3.05) is 0 Å². The molecule has 112 valence electrons. The van der Waals surface area contributed by atoms with E-state index in [9.17, 15) is 13.2 Å². The van der Waals surface area contributed by atoms with Crippen LogP contribution in [0.1, 0.15) is 18.1 Å². The van der Waals surface area contributed by atoms with Crippen molar-refractivity contribution in [1.82, 2.24) is 0 Å². The van der Waals surface area contributed by atoms with Gasteiger partial charge in [-0.2, -0.15) is 0 Å². The first-order valence-corrected chi connectivity index (χ1v) is 6.56. The molecule has 2 N–H and O–H groups in total. The summed E-state index contributed by atoms with van der Waals surface area (Å²) in [5.41, 5.74) is 6.86. The summed E-state index contributed by atoms with van der Waals surface area (Å²) in [5.74, 6) is -2.32. The molecule has 0 fully saturated rings. The van der Waals surface area contributed by atoms with Crippen molar-refractivity contribution in [1.29, 1.82) is 0 Å². The minimum Gasteiger partial charge on any atom is -0.486 e. The molecule has 0 saturated heterocycles. The highest BCUT2D eigenvalue weighted by molar-refractivity contribution is 5.30. The Morgan fingerprint density at radius 3 is 2.24 bits per heavy atom. The molecule has 2 aromatic rings. The molecular weight excluding hydrogens is 279 g/mol. The first kappa shape index (κ1) is 15.4. The normalized spacial score (nSPS) is 12.2. The van der Waals surface area contributed by atoms with Gasteiger partial charge in [0.25, 0.3) is 0 Å². The topological polar surface area (TPSA) is 35.2 Å². The summed E-state index contributed by atoms with van der Waals surface area (Å²) in [6.45, 7) is 1.80. The third-order valence-electron chi connectivity index (χ3n) is 2.93. The van der Waals surface area contributed by atoms with Crippen LogP contribution in [-0.2, 0) is 13.0 Å². The molecule has 0 heterocycles. The van der Waals surface area contributed by atoms with Crippen LogP contribution in [0.15, 0.2) is 36.4 Å². The van der Waals surface area contributed by atoms with Gasteiger partial charge in [-0.3, -0.25) is 0 Å². The number of ether oxygens (including phenoxy) is 1. The second-order valence-electron chi connectivity index (χ2n) is 4.98. The number of hydrogen-bond acceptors (Lipinski definition) is 2. The molecule has 2 aromatic carbocycles. The molecule has 0 aliphatic rings. The quantitative estimate of drug-likeness (QED) is 0.915. The Labute approximate surface area is 121 Å². The fourth-order valence-electron chi connectivity index (χ4n) is 1.95. The lowest BCUT2D eigenvalue weighted by atomic mass is 10.1. The maximum Gasteiger partial charge on any atom is 0.165 e. The van der Waals surface area contributed by atoms with Crippen LogP contribution in [0.5, 0.6) is 5.75 Å². The van der Waals surface area contributed by atoms with Crippen LogP contribution in [0, 0.1) is 17.5 Å². The van der Waals surface area contributed by atoms with E-state index in [1.807, 2.05) is 6.92 Å². The lowest BCUT2D eigenvalue weighted by molar-refractivity contribution is 0.289. The SMILES string of the molecule is CC(N)Cc1ccc(OCc2ccc(F)c(F)c2)c(F)c1. The summed E-state index contributed by atoms with van der Waals surface area (Å²) < 4.78 is 45.0. The van der Waals surface area contributed by atoms with Gasteiger partial charge in [-0.1, -0.05) is 12.1 Å². The molecule has 2 rings (SSSR count). The van der Waals surface area contributed by atoms with Gasteiger partial charge in [0.1, 0.15) is 6.61 Å².